The van der Waals surface area contributed by atoms with Crippen LogP contribution < -0.4 is 0 Å². The van der Waals surface area contributed by atoms with Gasteiger partial charge < -0.3 is 0 Å². The summed E-state index contributed by atoms with van der Waals surface area (Å²) in [4.78, 5) is 0. The first-order chi connectivity index (χ1) is 6.68. The van der Waals surface area contributed by atoms with Crippen LogP contribution in [0.25, 0.3) is 0 Å². The highest BCUT2D eigenvalue weighted by Crippen LogP contribution is 2.54. The summed E-state index contributed by atoms with van der Waals surface area (Å²) < 4.78 is 0. The molecule has 0 bridgehead atoms. The quantitative estimate of drug-likeness (QED) is 0.585. The number of hydrogen-bond acceptors (Lipinski definition) is 0. The van der Waals surface area contributed by atoms with E-state index in [0.29, 0.717) is 5.41 Å². The molecule has 0 atom stereocenters. The van der Waals surface area contributed by atoms with Crippen molar-refractivity contribution in [3.8, 4) is 0 Å². The fourth-order valence-corrected chi connectivity index (χ4v) is 3.86. The zero-order valence-electron chi connectivity index (χ0n) is 10.1. The van der Waals surface area contributed by atoms with Crippen molar-refractivity contribution < 1.29 is 0 Å². The van der Waals surface area contributed by atoms with Gasteiger partial charge in [0.2, 0.25) is 0 Å². The molecule has 0 aromatic heterocycles. The van der Waals surface area contributed by atoms with Crippen LogP contribution in [0.1, 0.15) is 78.1 Å². The Balaban J connectivity index is 1.90. The SMILES string of the molecule is CCCC1(C)CCC2(CCCC2)CC1. The lowest BCUT2D eigenvalue weighted by molar-refractivity contribution is 0.0863. The lowest BCUT2D eigenvalue weighted by atomic mass is 9.62. The summed E-state index contributed by atoms with van der Waals surface area (Å²) in [5, 5.41) is 0. The molecule has 0 N–H and O–H groups in total. The van der Waals surface area contributed by atoms with Crippen LogP contribution in [-0.4, -0.2) is 0 Å². The molecule has 0 nitrogen and oxygen atoms in total. The molecule has 0 heterocycles. The van der Waals surface area contributed by atoms with Crippen LogP contribution >= 0.6 is 0 Å². The summed E-state index contributed by atoms with van der Waals surface area (Å²) >= 11 is 0. The predicted molar refractivity (Wildman–Crippen MR) is 62.4 cm³/mol. The summed E-state index contributed by atoms with van der Waals surface area (Å²) in [6.07, 6.45) is 15.1. The van der Waals surface area contributed by atoms with Gasteiger partial charge in [-0.3, -0.25) is 0 Å². The molecule has 2 rings (SSSR count). The molecule has 0 aromatic carbocycles. The number of rotatable bonds is 2. The lowest BCUT2D eigenvalue weighted by Crippen LogP contribution is -2.30. The highest BCUT2D eigenvalue weighted by atomic mass is 14.5. The molecule has 0 aliphatic heterocycles. The van der Waals surface area contributed by atoms with E-state index in [9.17, 15) is 0 Å². The lowest BCUT2D eigenvalue weighted by Gasteiger charge is -2.43. The van der Waals surface area contributed by atoms with Crippen molar-refractivity contribution in [3.63, 3.8) is 0 Å². The zero-order valence-corrected chi connectivity index (χ0v) is 10.1. The second kappa shape index (κ2) is 3.87. The largest absolute Gasteiger partial charge is 0.0654 e. The second-order valence-electron chi connectivity index (χ2n) is 6.27. The van der Waals surface area contributed by atoms with E-state index >= 15 is 0 Å². The molecule has 2 aliphatic rings. The first-order valence-corrected chi connectivity index (χ1v) is 6.68. The summed E-state index contributed by atoms with van der Waals surface area (Å²) in [7, 11) is 0. The van der Waals surface area contributed by atoms with Crippen LogP contribution in [0.3, 0.4) is 0 Å². The molecule has 1 spiro atoms. The average Bonchev–Trinajstić information content (AvgIpc) is 2.61. The molecule has 82 valence electrons. The molecule has 2 aliphatic carbocycles. The Kier molecular flexibility index (Phi) is 2.91. The Hall–Kier alpha value is 0. The first-order valence-electron chi connectivity index (χ1n) is 6.68. The third-order valence-corrected chi connectivity index (χ3v) is 5.04. The molecular formula is C14H26. The monoisotopic (exact) mass is 194 g/mol. The van der Waals surface area contributed by atoms with Gasteiger partial charge in [-0.2, -0.15) is 0 Å². The molecule has 0 radical (unpaired) electrons. The molecule has 14 heavy (non-hydrogen) atoms. The third-order valence-electron chi connectivity index (χ3n) is 5.04. The van der Waals surface area contributed by atoms with Gasteiger partial charge in [0.15, 0.2) is 0 Å². The van der Waals surface area contributed by atoms with Crippen molar-refractivity contribution in [1.82, 2.24) is 0 Å². The van der Waals surface area contributed by atoms with E-state index in [1.807, 2.05) is 0 Å². The maximum absolute atomic E-state index is 2.53. The van der Waals surface area contributed by atoms with Crippen LogP contribution in [-0.2, 0) is 0 Å². The minimum absolute atomic E-state index is 0.711. The zero-order chi connectivity index (χ0) is 10.1. The van der Waals surface area contributed by atoms with Crippen molar-refractivity contribution in [2.45, 2.75) is 78.1 Å². The third kappa shape index (κ3) is 1.99. The van der Waals surface area contributed by atoms with E-state index in [-0.39, 0.29) is 0 Å². The van der Waals surface area contributed by atoms with E-state index in [4.69, 9.17) is 0 Å². The normalized spacial score (nSPS) is 29.6. The topological polar surface area (TPSA) is 0 Å². The van der Waals surface area contributed by atoms with Gasteiger partial charge in [0.25, 0.3) is 0 Å². The highest BCUT2D eigenvalue weighted by Gasteiger charge is 2.41. The maximum Gasteiger partial charge on any atom is -0.0297 e. The van der Waals surface area contributed by atoms with E-state index in [2.05, 4.69) is 13.8 Å². The fraction of sp³-hybridized carbons (Fsp3) is 1.00. The average molecular weight is 194 g/mol. The molecule has 0 saturated heterocycles. The molecule has 0 unspecified atom stereocenters. The van der Waals surface area contributed by atoms with Crippen LogP contribution in [0, 0.1) is 10.8 Å². The van der Waals surface area contributed by atoms with E-state index in [0.717, 1.165) is 5.41 Å². The molecule has 0 heteroatoms. The smallest absolute Gasteiger partial charge is 0.0297 e. The first kappa shape index (κ1) is 10.5. The van der Waals surface area contributed by atoms with Gasteiger partial charge in [-0.25, -0.2) is 0 Å². The summed E-state index contributed by atoms with van der Waals surface area (Å²) in [5.41, 5.74) is 1.54. The maximum atomic E-state index is 2.53. The van der Waals surface area contributed by atoms with Gasteiger partial charge in [0, 0.05) is 0 Å². The van der Waals surface area contributed by atoms with Crippen molar-refractivity contribution in [2.75, 3.05) is 0 Å². The van der Waals surface area contributed by atoms with Gasteiger partial charge in [0.05, 0.1) is 0 Å². The molecule has 2 fully saturated rings. The van der Waals surface area contributed by atoms with E-state index in [1.165, 1.54) is 38.5 Å². The van der Waals surface area contributed by atoms with E-state index < -0.39 is 0 Å². The van der Waals surface area contributed by atoms with Gasteiger partial charge in [-0.05, 0) is 55.8 Å². The summed E-state index contributed by atoms with van der Waals surface area (Å²) in [6, 6.07) is 0. The van der Waals surface area contributed by atoms with E-state index in [1.54, 1.807) is 25.7 Å². The van der Waals surface area contributed by atoms with Crippen molar-refractivity contribution in [3.05, 3.63) is 0 Å². The molecular weight excluding hydrogens is 168 g/mol. The Bertz CT molecular complexity index is 176. The Morgan fingerprint density at radius 2 is 1.43 bits per heavy atom. The van der Waals surface area contributed by atoms with Crippen LogP contribution in [0.4, 0.5) is 0 Å². The Morgan fingerprint density at radius 3 is 1.93 bits per heavy atom. The standard InChI is InChI=1S/C14H26/c1-3-6-13(2)9-11-14(12-10-13)7-4-5-8-14/h3-12H2,1-2H3. The van der Waals surface area contributed by atoms with Crippen molar-refractivity contribution in [1.29, 1.82) is 0 Å². The second-order valence-corrected chi connectivity index (χ2v) is 6.27. The van der Waals surface area contributed by atoms with Gasteiger partial charge in [-0.1, -0.05) is 33.1 Å². The summed E-state index contributed by atoms with van der Waals surface area (Å²) in [5.74, 6) is 0. The molecule has 0 aromatic rings. The predicted octanol–water partition coefficient (Wildman–Crippen LogP) is 4.93. The van der Waals surface area contributed by atoms with Crippen LogP contribution in [0.15, 0.2) is 0 Å². The highest BCUT2D eigenvalue weighted by molar-refractivity contribution is 4.93. The Labute approximate surface area is 89.5 Å². The summed E-state index contributed by atoms with van der Waals surface area (Å²) in [6.45, 7) is 4.86. The van der Waals surface area contributed by atoms with Crippen molar-refractivity contribution >= 4 is 0 Å². The van der Waals surface area contributed by atoms with Crippen LogP contribution in [0.5, 0.6) is 0 Å². The molecule has 0 amide bonds. The fourth-order valence-electron chi connectivity index (χ4n) is 3.86. The molecule has 2 saturated carbocycles. The minimum Gasteiger partial charge on any atom is -0.0654 e. The van der Waals surface area contributed by atoms with Gasteiger partial charge in [-0.15, -0.1) is 0 Å². The van der Waals surface area contributed by atoms with Crippen LogP contribution in [0.2, 0.25) is 0 Å². The minimum atomic E-state index is 0.711. The Morgan fingerprint density at radius 1 is 0.857 bits per heavy atom. The van der Waals surface area contributed by atoms with Gasteiger partial charge in [0.1, 0.15) is 0 Å². The number of hydrogen-bond donors (Lipinski definition) is 0. The van der Waals surface area contributed by atoms with Crippen molar-refractivity contribution in [2.24, 2.45) is 10.8 Å². The van der Waals surface area contributed by atoms with Gasteiger partial charge >= 0.3 is 0 Å².